The van der Waals surface area contributed by atoms with Crippen LogP contribution >= 0.6 is 11.3 Å². The molecule has 0 spiro atoms. The monoisotopic (exact) mass is 267 g/mol. The van der Waals surface area contributed by atoms with E-state index in [9.17, 15) is 0 Å². The van der Waals surface area contributed by atoms with Crippen molar-refractivity contribution in [2.24, 2.45) is 5.73 Å². The molecule has 0 radical (unpaired) electrons. The van der Waals surface area contributed by atoms with Crippen molar-refractivity contribution in [2.45, 2.75) is 18.9 Å². The van der Waals surface area contributed by atoms with Crippen LogP contribution in [0.5, 0.6) is 0 Å². The predicted molar refractivity (Wildman–Crippen MR) is 83.5 cm³/mol. The first kappa shape index (κ1) is 12.4. The van der Waals surface area contributed by atoms with Gasteiger partial charge in [0.05, 0.1) is 0 Å². The normalized spacial score (nSPS) is 12.7. The third-order valence-corrected chi connectivity index (χ3v) is 4.48. The summed E-state index contributed by atoms with van der Waals surface area (Å²) in [6.45, 7) is 0. The molecule has 0 amide bonds. The molecule has 0 bridgehead atoms. The number of benzene rings is 2. The summed E-state index contributed by atoms with van der Waals surface area (Å²) >= 11 is 1.78. The minimum absolute atomic E-state index is 0.122. The van der Waals surface area contributed by atoms with Gasteiger partial charge in [-0.25, -0.2) is 0 Å². The Morgan fingerprint density at radius 1 is 0.947 bits per heavy atom. The van der Waals surface area contributed by atoms with Gasteiger partial charge in [-0.15, -0.1) is 11.3 Å². The van der Waals surface area contributed by atoms with Gasteiger partial charge in [0.15, 0.2) is 0 Å². The highest BCUT2D eigenvalue weighted by molar-refractivity contribution is 7.17. The van der Waals surface area contributed by atoms with Crippen LogP contribution in [0, 0.1) is 0 Å². The summed E-state index contributed by atoms with van der Waals surface area (Å²) in [5.41, 5.74) is 9.01. The van der Waals surface area contributed by atoms with Crippen LogP contribution in [0.3, 0.4) is 0 Å². The molecule has 1 heterocycles. The van der Waals surface area contributed by atoms with Gasteiger partial charge >= 0.3 is 0 Å². The molecule has 0 aliphatic carbocycles. The fourth-order valence-corrected chi connectivity index (χ4v) is 3.43. The fourth-order valence-electron chi connectivity index (χ4n) is 2.41. The lowest BCUT2D eigenvalue weighted by Gasteiger charge is -2.11. The Bertz CT molecular complexity index is 657. The van der Waals surface area contributed by atoms with Gasteiger partial charge in [-0.3, -0.25) is 0 Å². The average Bonchev–Trinajstić information content (AvgIpc) is 2.90. The molecule has 96 valence electrons. The molecule has 0 aliphatic rings. The maximum Gasteiger partial charge on any atom is 0.0346 e. The number of aryl methyl sites for hydroxylation is 1. The molecule has 0 saturated heterocycles. The zero-order chi connectivity index (χ0) is 13.1. The van der Waals surface area contributed by atoms with Gasteiger partial charge in [-0.1, -0.05) is 48.5 Å². The minimum Gasteiger partial charge on any atom is -0.324 e. The summed E-state index contributed by atoms with van der Waals surface area (Å²) in [6.07, 6.45) is 2.02. The van der Waals surface area contributed by atoms with Crippen molar-refractivity contribution in [1.82, 2.24) is 0 Å². The molecule has 1 atom stereocenters. The van der Waals surface area contributed by atoms with E-state index in [1.165, 1.54) is 21.2 Å². The maximum atomic E-state index is 6.36. The minimum atomic E-state index is 0.122. The molecule has 2 heteroatoms. The fraction of sp³-hybridized carbons (Fsp3) is 0.176. The SMILES string of the molecule is NC(CCc1ccccc1)c1csc2ccccc12. The topological polar surface area (TPSA) is 26.0 Å². The quantitative estimate of drug-likeness (QED) is 0.738. The molecule has 2 N–H and O–H groups in total. The van der Waals surface area contributed by atoms with E-state index in [4.69, 9.17) is 5.73 Å². The Labute approximate surface area is 117 Å². The largest absolute Gasteiger partial charge is 0.324 e. The van der Waals surface area contributed by atoms with Crippen LogP contribution in [0.15, 0.2) is 60.0 Å². The lowest BCUT2D eigenvalue weighted by atomic mass is 9.99. The lowest BCUT2D eigenvalue weighted by Crippen LogP contribution is -2.10. The van der Waals surface area contributed by atoms with E-state index in [1.807, 2.05) is 0 Å². The van der Waals surface area contributed by atoms with E-state index >= 15 is 0 Å². The van der Waals surface area contributed by atoms with Gasteiger partial charge in [0.1, 0.15) is 0 Å². The van der Waals surface area contributed by atoms with Crippen molar-refractivity contribution in [2.75, 3.05) is 0 Å². The first-order chi connectivity index (χ1) is 9.34. The summed E-state index contributed by atoms with van der Waals surface area (Å²) in [7, 11) is 0. The van der Waals surface area contributed by atoms with Gasteiger partial charge in [0.2, 0.25) is 0 Å². The van der Waals surface area contributed by atoms with E-state index in [2.05, 4.69) is 60.0 Å². The molecule has 1 unspecified atom stereocenters. The lowest BCUT2D eigenvalue weighted by molar-refractivity contribution is 0.657. The van der Waals surface area contributed by atoms with Crippen molar-refractivity contribution in [3.8, 4) is 0 Å². The third-order valence-electron chi connectivity index (χ3n) is 3.50. The van der Waals surface area contributed by atoms with E-state index in [0.717, 1.165) is 12.8 Å². The Hall–Kier alpha value is -1.64. The van der Waals surface area contributed by atoms with Crippen LogP contribution in [0.1, 0.15) is 23.6 Å². The number of hydrogen-bond donors (Lipinski definition) is 1. The van der Waals surface area contributed by atoms with E-state index in [0.29, 0.717) is 0 Å². The molecule has 0 fully saturated rings. The number of thiophene rings is 1. The predicted octanol–water partition coefficient (Wildman–Crippen LogP) is 4.53. The molecular weight excluding hydrogens is 250 g/mol. The van der Waals surface area contributed by atoms with E-state index in [1.54, 1.807) is 11.3 Å². The molecule has 2 aromatic carbocycles. The molecule has 3 aromatic rings. The smallest absolute Gasteiger partial charge is 0.0346 e. The van der Waals surface area contributed by atoms with E-state index < -0.39 is 0 Å². The second-order valence-electron chi connectivity index (χ2n) is 4.82. The van der Waals surface area contributed by atoms with Crippen LogP contribution in [0.4, 0.5) is 0 Å². The van der Waals surface area contributed by atoms with Crippen LogP contribution in [0.2, 0.25) is 0 Å². The second-order valence-corrected chi connectivity index (χ2v) is 5.73. The molecule has 19 heavy (non-hydrogen) atoms. The molecular formula is C17H17NS. The van der Waals surface area contributed by atoms with Crippen LogP contribution in [0.25, 0.3) is 10.1 Å². The Morgan fingerprint density at radius 2 is 1.68 bits per heavy atom. The van der Waals surface area contributed by atoms with Crippen LogP contribution < -0.4 is 5.73 Å². The zero-order valence-electron chi connectivity index (χ0n) is 10.8. The second kappa shape index (κ2) is 5.55. The standard InChI is InChI=1S/C17H17NS/c18-16(11-10-13-6-2-1-3-7-13)15-12-19-17-9-5-4-8-14(15)17/h1-9,12,16H,10-11,18H2. The molecule has 3 rings (SSSR count). The van der Waals surface area contributed by atoms with Crippen molar-refractivity contribution in [3.05, 3.63) is 71.1 Å². The summed E-state index contributed by atoms with van der Waals surface area (Å²) in [5.74, 6) is 0. The van der Waals surface area contributed by atoms with Crippen LogP contribution in [-0.4, -0.2) is 0 Å². The number of fused-ring (bicyclic) bond motifs is 1. The average molecular weight is 267 g/mol. The first-order valence-corrected chi connectivity index (χ1v) is 7.48. The van der Waals surface area contributed by atoms with Gasteiger partial charge in [0.25, 0.3) is 0 Å². The van der Waals surface area contributed by atoms with Gasteiger partial charge in [-0.2, -0.15) is 0 Å². The van der Waals surface area contributed by atoms with Crippen LogP contribution in [-0.2, 0) is 6.42 Å². The third kappa shape index (κ3) is 2.70. The maximum absolute atomic E-state index is 6.36. The van der Waals surface area contributed by atoms with Gasteiger partial charge < -0.3 is 5.73 Å². The summed E-state index contributed by atoms with van der Waals surface area (Å²) in [4.78, 5) is 0. The first-order valence-electron chi connectivity index (χ1n) is 6.60. The highest BCUT2D eigenvalue weighted by Crippen LogP contribution is 2.30. The van der Waals surface area contributed by atoms with E-state index in [-0.39, 0.29) is 6.04 Å². The van der Waals surface area contributed by atoms with Gasteiger partial charge in [0, 0.05) is 10.7 Å². The molecule has 0 saturated carbocycles. The highest BCUT2D eigenvalue weighted by atomic mass is 32.1. The van der Waals surface area contributed by atoms with Gasteiger partial charge in [-0.05, 0) is 40.8 Å². The highest BCUT2D eigenvalue weighted by Gasteiger charge is 2.11. The van der Waals surface area contributed by atoms with Crippen molar-refractivity contribution in [3.63, 3.8) is 0 Å². The molecule has 1 aromatic heterocycles. The molecule has 0 aliphatic heterocycles. The Balaban J connectivity index is 1.75. The number of hydrogen-bond acceptors (Lipinski definition) is 2. The summed E-state index contributed by atoms with van der Waals surface area (Å²) in [6, 6.07) is 19.2. The van der Waals surface area contributed by atoms with Crippen molar-refractivity contribution < 1.29 is 0 Å². The molecule has 1 nitrogen and oxygen atoms in total. The Morgan fingerprint density at radius 3 is 2.53 bits per heavy atom. The summed E-state index contributed by atoms with van der Waals surface area (Å²) < 4.78 is 1.33. The van der Waals surface area contributed by atoms with Crippen molar-refractivity contribution in [1.29, 1.82) is 0 Å². The summed E-state index contributed by atoms with van der Waals surface area (Å²) in [5, 5.41) is 3.52. The van der Waals surface area contributed by atoms with Crippen molar-refractivity contribution >= 4 is 21.4 Å². The zero-order valence-corrected chi connectivity index (χ0v) is 11.6. The Kier molecular flexibility index (Phi) is 3.62. The number of rotatable bonds is 4. The number of nitrogens with two attached hydrogens (primary N) is 1.